The molecule has 0 aromatic carbocycles. The third-order valence-electron chi connectivity index (χ3n) is 3.41. The van der Waals surface area contributed by atoms with E-state index in [-0.39, 0.29) is 11.9 Å². The number of esters is 1. The number of carbonyl (C=O) groups excluding carboxylic acids is 1. The van der Waals surface area contributed by atoms with Crippen LogP contribution in [-0.4, -0.2) is 27.7 Å². The quantitative estimate of drug-likeness (QED) is 0.779. The monoisotopic (exact) mass is 238 g/mol. The molecule has 0 bridgehead atoms. The molecule has 0 radical (unpaired) electrons. The van der Waals surface area contributed by atoms with E-state index < -0.39 is 5.60 Å². The van der Waals surface area contributed by atoms with E-state index in [9.17, 15) is 9.90 Å². The van der Waals surface area contributed by atoms with Crippen LogP contribution in [0.3, 0.4) is 0 Å². The van der Waals surface area contributed by atoms with Crippen LogP contribution in [0.4, 0.5) is 0 Å². The van der Waals surface area contributed by atoms with Gasteiger partial charge in [-0.1, -0.05) is 0 Å². The summed E-state index contributed by atoms with van der Waals surface area (Å²) in [7, 11) is 0. The van der Waals surface area contributed by atoms with Gasteiger partial charge in [0.25, 0.3) is 0 Å². The second-order valence-electron chi connectivity index (χ2n) is 4.51. The zero-order valence-corrected chi connectivity index (χ0v) is 9.98. The summed E-state index contributed by atoms with van der Waals surface area (Å²) < 4.78 is 5.00. The molecule has 17 heavy (non-hydrogen) atoms. The number of H-pyrrole nitrogens is 1. The van der Waals surface area contributed by atoms with E-state index in [4.69, 9.17) is 4.74 Å². The molecule has 1 fully saturated rings. The summed E-state index contributed by atoms with van der Waals surface area (Å²) in [6.45, 7) is 2.22. The van der Waals surface area contributed by atoms with Crippen LogP contribution >= 0.6 is 0 Å². The Morgan fingerprint density at radius 1 is 1.65 bits per heavy atom. The van der Waals surface area contributed by atoms with Gasteiger partial charge in [-0.25, -0.2) is 4.98 Å². The van der Waals surface area contributed by atoms with Gasteiger partial charge in [0.2, 0.25) is 0 Å². The lowest BCUT2D eigenvalue weighted by atomic mass is 9.77. The number of hydrogen-bond donors (Lipinski definition) is 2. The first-order valence-corrected chi connectivity index (χ1v) is 6.04. The lowest BCUT2D eigenvalue weighted by molar-refractivity contribution is -0.151. The van der Waals surface area contributed by atoms with Gasteiger partial charge in [-0.2, -0.15) is 0 Å². The predicted octanol–water partition coefficient (Wildman–Crippen LogP) is 1.35. The number of rotatable bonds is 3. The number of aromatic nitrogens is 2. The normalized spacial score (nSPS) is 28.9. The maximum atomic E-state index is 11.6. The smallest absolute Gasteiger partial charge is 0.308 e. The maximum Gasteiger partial charge on any atom is 0.308 e. The number of hydrogen-bond acceptors (Lipinski definition) is 4. The van der Waals surface area contributed by atoms with Gasteiger partial charge in [-0.3, -0.25) is 4.79 Å². The van der Waals surface area contributed by atoms with Gasteiger partial charge in [0.1, 0.15) is 5.60 Å². The first kappa shape index (κ1) is 12.1. The minimum Gasteiger partial charge on any atom is -0.466 e. The molecule has 1 aromatic rings. The van der Waals surface area contributed by atoms with Crippen molar-refractivity contribution in [1.82, 2.24) is 9.97 Å². The summed E-state index contributed by atoms with van der Waals surface area (Å²) in [5.41, 5.74) is -0.219. The zero-order valence-electron chi connectivity index (χ0n) is 9.98. The fourth-order valence-electron chi connectivity index (χ4n) is 2.36. The van der Waals surface area contributed by atoms with Crippen LogP contribution in [0.5, 0.6) is 0 Å². The van der Waals surface area contributed by atoms with Crippen molar-refractivity contribution < 1.29 is 14.6 Å². The van der Waals surface area contributed by atoms with Crippen molar-refractivity contribution in [1.29, 1.82) is 0 Å². The molecule has 0 saturated heterocycles. The number of ether oxygens (including phenoxy) is 1. The molecule has 1 saturated carbocycles. The van der Waals surface area contributed by atoms with Crippen molar-refractivity contribution in [2.24, 2.45) is 5.92 Å². The lowest BCUT2D eigenvalue weighted by Gasteiger charge is -2.33. The number of aliphatic hydroxyl groups is 1. The average molecular weight is 238 g/mol. The van der Waals surface area contributed by atoms with Crippen LogP contribution in [0.15, 0.2) is 12.5 Å². The van der Waals surface area contributed by atoms with Crippen LogP contribution < -0.4 is 0 Å². The highest BCUT2D eigenvalue weighted by Crippen LogP contribution is 2.38. The molecule has 0 aliphatic heterocycles. The van der Waals surface area contributed by atoms with Gasteiger partial charge in [0.05, 0.1) is 24.5 Å². The largest absolute Gasteiger partial charge is 0.466 e. The Morgan fingerprint density at radius 3 is 2.88 bits per heavy atom. The summed E-state index contributed by atoms with van der Waals surface area (Å²) in [6, 6.07) is 0. The van der Waals surface area contributed by atoms with E-state index >= 15 is 0 Å². The Morgan fingerprint density at radius 2 is 2.35 bits per heavy atom. The van der Waals surface area contributed by atoms with E-state index in [1.165, 1.54) is 0 Å². The Balaban J connectivity index is 1.96. The summed E-state index contributed by atoms with van der Waals surface area (Å²) >= 11 is 0. The fraction of sp³-hybridized carbons (Fsp3) is 0.667. The van der Waals surface area contributed by atoms with Crippen LogP contribution in [0.2, 0.25) is 0 Å². The molecule has 0 amide bonds. The minimum atomic E-state index is -0.886. The van der Waals surface area contributed by atoms with Gasteiger partial charge in [0.15, 0.2) is 0 Å². The molecule has 1 aliphatic carbocycles. The molecule has 0 atom stereocenters. The Kier molecular flexibility index (Phi) is 3.47. The molecule has 0 spiro atoms. The van der Waals surface area contributed by atoms with E-state index in [1.54, 1.807) is 19.4 Å². The molecule has 1 heterocycles. The summed E-state index contributed by atoms with van der Waals surface area (Å²) in [5.74, 6) is -0.217. The topological polar surface area (TPSA) is 75.2 Å². The molecule has 2 N–H and O–H groups in total. The summed E-state index contributed by atoms with van der Waals surface area (Å²) in [6.07, 6.45) is 5.70. The first-order chi connectivity index (χ1) is 8.15. The van der Waals surface area contributed by atoms with Crippen molar-refractivity contribution >= 4 is 5.97 Å². The van der Waals surface area contributed by atoms with E-state index in [0.717, 1.165) is 0 Å². The van der Waals surface area contributed by atoms with Gasteiger partial charge in [0, 0.05) is 6.20 Å². The molecule has 1 aromatic heterocycles. The summed E-state index contributed by atoms with van der Waals surface area (Å²) in [4.78, 5) is 18.5. The Labute approximate surface area is 100 Å². The molecular weight excluding hydrogens is 220 g/mol. The van der Waals surface area contributed by atoms with Crippen LogP contribution in [0, 0.1) is 5.92 Å². The molecule has 94 valence electrons. The number of aromatic amines is 1. The van der Waals surface area contributed by atoms with Crippen LogP contribution in [0.25, 0.3) is 0 Å². The van der Waals surface area contributed by atoms with Gasteiger partial charge < -0.3 is 14.8 Å². The number of nitrogens with zero attached hydrogens (tertiary/aromatic N) is 1. The van der Waals surface area contributed by atoms with Crippen molar-refractivity contribution in [3.05, 3.63) is 18.2 Å². The molecule has 2 rings (SSSR count). The standard InChI is InChI=1S/C12H18N2O3/c1-2-17-11(15)9-3-5-12(16,6-4-9)10-7-13-8-14-10/h7-9,16H,2-6H2,1H3,(H,13,14)/t9-,12+. The van der Waals surface area contributed by atoms with Crippen molar-refractivity contribution in [2.75, 3.05) is 6.61 Å². The first-order valence-electron chi connectivity index (χ1n) is 6.04. The fourth-order valence-corrected chi connectivity index (χ4v) is 2.36. The minimum absolute atomic E-state index is 0.0748. The van der Waals surface area contributed by atoms with Gasteiger partial charge in [-0.05, 0) is 32.6 Å². The molecular formula is C12H18N2O3. The second-order valence-corrected chi connectivity index (χ2v) is 4.51. The number of carbonyl (C=O) groups is 1. The predicted molar refractivity (Wildman–Crippen MR) is 61.1 cm³/mol. The third kappa shape index (κ3) is 2.49. The third-order valence-corrected chi connectivity index (χ3v) is 3.41. The average Bonchev–Trinajstić information content (AvgIpc) is 2.84. The zero-order chi connectivity index (χ0) is 12.3. The maximum absolute atomic E-state index is 11.6. The SMILES string of the molecule is CCOC(=O)[C@H]1CC[C@](O)(c2c[nH]cn2)CC1. The highest BCUT2D eigenvalue weighted by molar-refractivity contribution is 5.72. The van der Waals surface area contributed by atoms with Crippen molar-refractivity contribution in [3.63, 3.8) is 0 Å². The van der Waals surface area contributed by atoms with Crippen LogP contribution in [0.1, 0.15) is 38.3 Å². The number of imidazole rings is 1. The van der Waals surface area contributed by atoms with E-state index in [0.29, 0.717) is 38.0 Å². The van der Waals surface area contributed by atoms with Crippen molar-refractivity contribution in [2.45, 2.75) is 38.2 Å². The summed E-state index contributed by atoms with van der Waals surface area (Å²) in [5, 5.41) is 10.4. The highest BCUT2D eigenvalue weighted by atomic mass is 16.5. The lowest BCUT2D eigenvalue weighted by Crippen LogP contribution is -2.34. The van der Waals surface area contributed by atoms with Crippen molar-refractivity contribution in [3.8, 4) is 0 Å². The van der Waals surface area contributed by atoms with Crippen LogP contribution in [-0.2, 0) is 15.1 Å². The molecule has 5 nitrogen and oxygen atoms in total. The van der Waals surface area contributed by atoms with E-state index in [2.05, 4.69) is 9.97 Å². The molecule has 1 aliphatic rings. The molecule has 0 unspecified atom stereocenters. The highest BCUT2D eigenvalue weighted by Gasteiger charge is 2.38. The second kappa shape index (κ2) is 4.87. The van der Waals surface area contributed by atoms with E-state index in [1.807, 2.05) is 0 Å². The van der Waals surface area contributed by atoms with Gasteiger partial charge in [-0.15, -0.1) is 0 Å². The number of nitrogens with one attached hydrogen (secondary N) is 1. The Hall–Kier alpha value is -1.36. The van der Waals surface area contributed by atoms with Gasteiger partial charge >= 0.3 is 5.97 Å². The molecule has 5 heteroatoms. The Bertz CT molecular complexity index is 367.